The molecule has 0 spiro atoms. The molecule has 1 amide bonds. The molecule has 0 N–H and O–H groups in total. The lowest BCUT2D eigenvalue weighted by molar-refractivity contribution is 0.00578. The Balaban J connectivity index is 0.00000106. The molecule has 2 heterocycles. The Kier molecular flexibility index (Phi) is 9.00. The average molecular weight is 419 g/mol. The first-order chi connectivity index (χ1) is 13.9. The van der Waals surface area contributed by atoms with E-state index in [0.717, 1.165) is 17.4 Å². The number of fused-ring (bicyclic) bond motifs is 1. The van der Waals surface area contributed by atoms with E-state index in [2.05, 4.69) is 45.9 Å². The minimum atomic E-state index is -0.484. The van der Waals surface area contributed by atoms with Crippen LogP contribution in [-0.4, -0.2) is 41.5 Å². The highest BCUT2D eigenvalue weighted by molar-refractivity contribution is 6.62. The predicted molar refractivity (Wildman–Crippen MR) is 125 cm³/mol. The molecule has 30 heavy (non-hydrogen) atoms. The number of amides is 1. The molecule has 170 valence electrons. The lowest BCUT2D eigenvalue weighted by atomic mass is 9.77. The van der Waals surface area contributed by atoms with Crippen molar-refractivity contribution in [3.05, 3.63) is 29.3 Å². The van der Waals surface area contributed by atoms with Crippen molar-refractivity contribution in [2.45, 2.75) is 106 Å². The molecule has 1 aromatic rings. The van der Waals surface area contributed by atoms with Gasteiger partial charge in [0.1, 0.15) is 5.60 Å². The van der Waals surface area contributed by atoms with E-state index in [9.17, 15) is 4.79 Å². The lowest BCUT2D eigenvalue weighted by Gasteiger charge is -2.32. The van der Waals surface area contributed by atoms with Gasteiger partial charge in [-0.1, -0.05) is 45.9 Å². The highest BCUT2D eigenvalue weighted by atomic mass is 16.7. The van der Waals surface area contributed by atoms with E-state index in [0.29, 0.717) is 13.1 Å². The van der Waals surface area contributed by atoms with Gasteiger partial charge in [-0.25, -0.2) is 4.79 Å². The quantitative estimate of drug-likeness (QED) is 0.577. The van der Waals surface area contributed by atoms with Crippen molar-refractivity contribution in [1.82, 2.24) is 4.90 Å². The van der Waals surface area contributed by atoms with Gasteiger partial charge in [0.15, 0.2) is 0 Å². The van der Waals surface area contributed by atoms with Crippen LogP contribution in [0.15, 0.2) is 18.2 Å². The van der Waals surface area contributed by atoms with Gasteiger partial charge in [-0.2, -0.15) is 0 Å². The van der Waals surface area contributed by atoms with Gasteiger partial charge in [0.05, 0.1) is 11.2 Å². The minimum Gasteiger partial charge on any atom is -0.444 e. The van der Waals surface area contributed by atoms with Gasteiger partial charge < -0.3 is 18.9 Å². The molecule has 2 aliphatic heterocycles. The predicted octanol–water partition coefficient (Wildman–Crippen LogP) is 5.33. The number of ether oxygens (including phenoxy) is 1. The van der Waals surface area contributed by atoms with Crippen LogP contribution < -0.4 is 5.46 Å². The molecule has 1 saturated heterocycles. The summed E-state index contributed by atoms with van der Waals surface area (Å²) in [5.41, 5.74) is 2.18. The second-order valence-electron chi connectivity index (χ2n) is 9.27. The summed E-state index contributed by atoms with van der Waals surface area (Å²) in [6.45, 7) is 23.1. The molecule has 0 radical (unpaired) electrons. The summed E-state index contributed by atoms with van der Waals surface area (Å²) in [6.07, 6.45) is 0.572. The highest BCUT2D eigenvalue weighted by Crippen LogP contribution is 2.36. The van der Waals surface area contributed by atoms with Crippen molar-refractivity contribution < 1.29 is 18.8 Å². The smallest absolute Gasteiger partial charge is 0.444 e. The van der Waals surface area contributed by atoms with Crippen molar-refractivity contribution in [2.75, 3.05) is 6.54 Å². The fourth-order valence-corrected chi connectivity index (χ4v) is 3.19. The molecule has 3 rings (SSSR count). The highest BCUT2D eigenvalue weighted by Gasteiger charge is 2.51. The molecule has 0 saturated carbocycles. The van der Waals surface area contributed by atoms with Crippen LogP contribution >= 0.6 is 0 Å². The van der Waals surface area contributed by atoms with Crippen LogP contribution in [0, 0.1) is 0 Å². The van der Waals surface area contributed by atoms with E-state index >= 15 is 0 Å². The standard InChI is InChI=1S/C20H30BNO4.2C2H6/c1-18(2,3)24-17(23)22-11-10-14-8-9-16(12-15(14)13-22)21-25-19(4,5)20(6,7)26-21;2*1-2/h8-9,12H,10-11,13H2,1-7H3;2*1-2H3. The van der Waals surface area contributed by atoms with E-state index in [1.54, 1.807) is 4.90 Å². The van der Waals surface area contributed by atoms with Crippen molar-refractivity contribution >= 4 is 18.7 Å². The number of hydrogen-bond acceptors (Lipinski definition) is 4. The van der Waals surface area contributed by atoms with Crippen molar-refractivity contribution in [1.29, 1.82) is 0 Å². The van der Waals surface area contributed by atoms with Crippen LogP contribution in [0.1, 0.15) is 87.3 Å². The lowest BCUT2D eigenvalue weighted by Crippen LogP contribution is -2.41. The van der Waals surface area contributed by atoms with E-state index in [-0.39, 0.29) is 24.4 Å². The summed E-state index contributed by atoms with van der Waals surface area (Å²) >= 11 is 0. The Hall–Kier alpha value is -1.53. The summed E-state index contributed by atoms with van der Waals surface area (Å²) in [5, 5.41) is 0. The molecular formula is C24H42BNO4. The Labute approximate surface area is 184 Å². The Bertz CT molecular complexity index is 694. The first-order valence-electron chi connectivity index (χ1n) is 11.3. The number of rotatable bonds is 1. The summed E-state index contributed by atoms with van der Waals surface area (Å²) in [7, 11) is -0.387. The van der Waals surface area contributed by atoms with Crippen LogP contribution in [0.2, 0.25) is 0 Å². The van der Waals surface area contributed by atoms with Gasteiger partial charge in [0.2, 0.25) is 0 Å². The molecule has 2 aliphatic rings. The van der Waals surface area contributed by atoms with Gasteiger partial charge >= 0.3 is 13.2 Å². The summed E-state index contributed by atoms with van der Waals surface area (Å²) in [4.78, 5) is 14.2. The number of carbonyl (C=O) groups is 1. The van der Waals surface area contributed by atoms with Crippen LogP contribution in [-0.2, 0) is 27.0 Å². The maximum Gasteiger partial charge on any atom is 0.494 e. The molecule has 6 heteroatoms. The molecular weight excluding hydrogens is 377 g/mol. The molecule has 1 aromatic carbocycles. The fourth-order valence-electron chi connectivity index (χ4n) is 3.19. The van der Waals surface area contributed by atoms with Crippen molar-refractivity contribution in [2.24, 2.45) is 0 Å². The van der Waals surface area contributed by atoms with Gasteiger partial charge in [-0.15, -0.1) is 0 Å². The van der Waals surface area contributed by atoms with Gasteiger partial charge in [-0.3, -0.25) is 0 Å². The third-order valence-electron chi connectivity index (χ3n) is 5.42. The fraction of sp³-hybridized carbons (Fsp3) is 0.708. The SMILES string of the molecule is CC.CC.CC(C)(C)OC(=O)N1CCc2ccc(B3OC(C)(C)C(C)(C)O3)cc2C1. The van der Waals surface area contributed by atoms with Crippen molar-refractivity contribution in [3.8, 4) is 0 Å². The average Bonchev–Trinajstić information content (AvgIpc) is 2.90. The summed E-state index contributed by atoms with van der Waals surface area (Å²) in [6, 6.07) is 6.31. The third kappa shape index (κ3) is 6.24. The van der Waals surface area contributed by atoms with Gasteiger partial charge in [0, 0.05) is 13.1 Å². The number of nitrogens with zero attached hydrogens (tertiary/aromatic N) is 1. The van der Waals surface area contributed by atoms with E-state index in [1.165, 1.54) is 5.56 Å². The number of benzene rings is 1. The van der Waals surface area contributed by atoms with E-state index < -0.39 is 5.60 Å². The summed E-state index contributed by atoms with van der Waals surface area (Å²) < 4.78 is 17.8. The Morgan fingerprint density at radius 2 is 1.53 bits per heavy atom. The number of carbonyl (C=O) groups excluding carboxylic acids is 1. The Morgan fingerprint density at radius 1 is 1.00 bits per heavy atom. The monoisotopic (exact) mass is 419 g/mol. The first-order valence-corrected chi connectivity index (χ1v) is 11.3. The van der Waals surface area contributed by atoms with Gasteiger partial charge in [0.25, 0.3) is 0 Å². The largest absolute Gasteiger partial charge is 0.494 e. The second kappa shape index (κ2) is 10.2. The second-order valence-corrected chi connectivity index (χ2v) is 9.27. The topological polar surface area (TPSA) is 48.0 Å². The maximum atomic E-state index is 12.4. The van der Waals surface area contributed by atoms with Crippen LogP contribution in [0.4, 0.5) is 4.79 Å². The molecule has 0 unspecified atom stereocenters. The van der Waals surface area contributed by atoms with E-state index in [4.69, 9.17) is 14.0 Å². The minimum absolute atomic E-state index is 0.260. The zero-order valence-corrected chi connectivity index (χ0v) is 21.0. The molecule has 0 aliphatic carbocycles. The van der Waals surface area contributed by atoms with Crippen LogP contribution in [0.5, 0.6) is 0 Å². The molecule has 0 aromatic heterocycles. The molecule has 0 atom stereocenters. The zero-order chi connectivity index (χ0) is 23.3. The third-order valence-corrected chi connectivity index (χ3v) is 5.42. The zero-order valence-electron chi connectivity index (χ0n) is 21.0. The maximum absolute atomic E-state index is 12.4. The normalized spacial score (nSPS) is 19.0. The number of hydrogen-bond donors (Lipinski definition) is 0. The van der Waals surface area contributed by atoms with E-state index in [1.807, 2.05) is 48.5 Å². The first kappa shape index (κ1) is 26.5. The Morgan fingerprint density at radius 3 is 2.03 bits per heavy atom. The van der Waals surface area contributed by atoms with Crippen LogP contribution in [0.3, 0.4) is 0 Å². The molecule has 5 nitrogen and oxygen atoms in total. The van der Waals surface area contributed by atoms with Crippen LogP contribution in [0.25, 0.3) is 0 Å². The van der Waals surface area contributed by atoms with Crippen molar-refractivity contribution in [3.63, 3.8) is 0 Å². The molecule has 1 fully saturated rings. The molecule has 0 bridgehead atoms. The van der Waals surface area contributed by atoms with Gasteiger partial charge in [-0.05, 0) is 71.5 Å². The summed E-state index contributed by atoms with van der Waals surface area (Å²) in [5.74, 6) is 0.